The average molecular weight is 339 g/mol. The van der Waals surface area contributed by atoms with Gasteiger partial charge < -0.3 is 9.67 Å². The second-order valence-corrected chi connectivity index (χ2v) is 5.15. The van der Waals surface area contributed by atoms with Gasteiger partial charge in [-0.25, -0.2) is 10.4 Å². The smallest absolute Gasteiger partial charge is 0.270 e. The van der Waals surface area contributed by atoms with Crippen LogP contribution < -0.4 is 5.43 Å². The molecule has 0 aliphatic heterocycles. The Labute approximate surface area is 141 Å². The van der Waals surface area contributed by atoms with Crippen molar-refractivity contribution >= 4 is 28.8 Å². The summed E-state index contributed by atoms with van der Waals surface area (Å²) in [5, 5.41) is 24.1. The molecule has 2 aromatic carbocycles. The predicted molar refractivity (Wildman–Crippen MR) is 90.2 cm³/mol. The molecule has 1 amide bonds. The van der Waals surface area contributed by atoms with Gasteiger partial charge in [0.2, 0.25) is 0 Å². The molecule has 0 radical (unpaired) electrons. The van der Waals surface area contributed by atoms with E-state index >= 15 is 0 Å². The molecule has 0 bridgehead atoms. The first kappa shape index (κ1) is 16.1. The lowest BCUT2D eigenvalue weighted by Gasteiger charge is -2.03. The molecule has 25 heavy (non-hydrogen) atoms. The average Bonchev–Trinajstić information content (AvgIpc) is 2.99. The number of benzene rings is 2. The largest absolute Gasteiger partial charge is 0.507 e. The van der Waals surface area contributed by atoms with Crippen molar-refractivity contribution in [2.24, 2.45) is 5.10 Å². The minimum atomic E-state index is -0.584. The molecule has 0 saturated carbocycles. The molecule has 1 aromatic heterocycles. The molecule has 9 nitrogen and oxygen atoms in total. The molecule has 0 aliphatic rings. The third kappa shape index (κ3) is 3.61. The Balaban J connectivity index is 1.67. The number of non-ortho nitro benzene ring substituents is 1. The van der Waals surface area contributed by atoms with Gasteiger partial charge in [0.15, 0.2) is 0 Å². The van der Waals surface area contributed by atoms with E-state index in [1.807, 2.05) is 24.3 Å². The minimum Gasteiger partial charge on any atom is -0.507 e. The van der Waals surface area contributed by atoms with E-state index < -0.39 is 10.8 Å². The molecule has 0 atom stereocenters. The maximum Gasteiger partial charge on any atom is 0.270 e. The fraction of sp³-hybridized carbons (Fsp3) is 0.0625. The number of imidazole rings is 1. The third-order valence-electron chi connectivity index (χ3n) is 3.46. The number of para-hydroxylation sites is 2. The van der Waals surface area contributed by atoms with E-state index in [1.54, 1.807) is 10.9 Å². The van der Waals surface area contributed by atoms with Gasteiger partial charge in [0.1, 0.15) is 12.3 Å². The predicted octanol–water partition coefficient (Wildman–Crippen LogP) is 1.80. The normalized spacial score (nSPS) is 11.0. The summed E-state index contributed by atoms with van der Waals surface area (Å²) in [6, 6.07) is 10.9. The number of nitro benzene ring substituents is 1. The topological polar surface area (TPSA) is 123 Å². The lowest BCUT2D eigenvalue weighted by Crippen LogP contribution is -2.22. The summed E-state index contributed by atoms with van der Waals surface area (Å²) < 4.78 is 1.67. The maximum absolute atomic E-state index is 12.0. The highest BCUT2D eigenvalue weighted by Gasteiger charge is 2.09. The maximum atomic E-state index is 12.0. The van der Waals surface area contributed by atoms with Gasteiger partial charge in [0.05, 0.1) is 28.5 Å². The van der Waals surface area contributed by atoms with Crippen molar-refractivity contribution in [2.75, 3.05) is 0 Å². The fourth-order valence-electron chi connectivity index (χ4n) is 2.26. The molecule has 0 spiro atoms. The SMILES string of the molecule is O=C(Cn1cnc2ccccc21)N/N=C/c1cc([N+](=O)[O-])ccc1O. The number of hydrogen-bond donors (Lipinski definition) is 2. The van der Waals surface area contributed by atoms with E-state index in [0.717, 1.165) is 23.3 Å². The van der Waals surface area contributed by atoms with Crippen molar-refractivity contribution in [1.29, 1.82) is 0 Å². The van der Waals surface area contributed by atoms with Crippen molar-refractivity contribution in [3.05, 3.63) is 64.5 Å². The van der Waals surface area contributed by atoms with Crippen LogP contribution in [0.15, 0.2) is 53.9 Å². The molecule has 9 heteroatoms. The summed E-state index contributed by atoms with van der Waals surface area (Å²) in [5.41, 5.74) is 3.85. The van der Waals surface area contributed by atoms with E-state index in [2.05, 4.69) is 15.5 Å². The number of hydrazone groups is 1. The first-order valence-electron chi connectivity index (χ1n) is 7.24. The van der Waals surface area contributed by atoms with E-state index in [-0.39, 0.29) is 23.5 Å². The standard InChI is InChI=1S/C16H13N5O4/c22-15-6-5-12(21(24)25)7-11(15)8-18-19-16(23)9-20-10-17-13-3-1-2-4-14(13)20/h1-8,10,22H,9H2,(H,19,23)/b18-8+. The molecule has 2 N–H and O–H groups in total. The third-order valence-corrected chi connectivity index (χ3v) is 3.46. The number of hydrogen-bond acceptors (Lipinski definition) is 6. The summed E-state index contributed by atoms with van der Waals surface area (Å²) in [6.07, 6.45) is 2.70. The van der Waals surface area contributed by atoms with Crippen LogP contribution >= 0.6 is 0 Å². The summed E-state index contributed by atoms with van der Waals surface area (Å²) in [4.78, 5) is 26.3. The first-order valence-corrected chi connectivity index (χ1v) is 7.24. The van der Waals surface area contributed by atoms with Crippen LogP contribution in [0.5, 0.6) is 5.75 Å². The monoisotopic (exact) mass is 339 g/mol. The Morgan fingerprint density at radius 1 is 1.36 bits per heavy atom. The quantitative estimate of drug-likeness (QED) is 0.417. The number of nitrogens with one attached hydrogen (secondary N) is 1. The molecular weight excluding hydrogens is 326 g/mol. The molecular formula is C16H13N5O4. The number of aromatic nitrogens is 2. The van der Waals surface area contributed by atoms with Crippen LogP contribution in [0, 0.1) is 10.1 Å². The summed E-state index contributed by atoms with van der Waals surface area (Å²) in [7, 11) is 0. The van der Waals surface area contributed by atoms with Crippen LogP contribution in [0.2, 0.25) is 0 Å². The van der Waals surface area contributed by atoms with Gasteiger partial charge in [-0.1, -0.05) is 12.1 Å². The van der Waals surface area contributed by atoms with Crippen molar-refractivity contribution in [2.45, 2.75) is 6.54 Å². The number of amides is 1. The minimum absolute atomic E-state index is 0.0127. The molecule has 3 aromatic rings. The van der Waals surface area contributed by atoms with E-state index in [9.17, 15) is 20.0 Å². The van der Waals surface area contributed by atoms with Crippen LogP contribution in [0.3, 0.4) is 0 Å². The van der Waals surface area contributed by atoms with Crippen LogP contribution in [0.4, 0.5) is 5.69 Å². The van der Waals surface area contributed by atoms with Gasteiger partial charge in [-0.15, -0.1) is 0 Å². The van der Waals surface area contributed by atoms with Crippen LogP contribution in [0.25, 0.3) is 11.0 Å². The lowest BCUT2D eigenvalue weighted by molar-refractivity contribution is -0.384. The molecule has 1 heterocycles. The van der Waals surface area contributed by atoms with E-state index in [0.29, 0.717) is 0 Å². The summed E-state index contributed by atoms with van der Waals surface area (Å²) >= 11 is 0. The van der Waals surface area contributed by atoms with Crippen LogP contribution in [-0.4, -0.2) is 31.7 Å². The highest BCUT2D eigenvalue weighted by molar-refractivity contribution is 5.86. The summed E-state index contributed by atoms with van der Waals surface area (Å²) in [5.74, 6) is -0.575. The molecule has 3 rings (SSSR count). The number of aromatic hydroxyl groups is 1. The Bertz CT molecular complexity index is 980. The van der Waals surface area contributed by atoms with Crippen molar-refractivity contribution in [3.8, 4) is 5.75 Å². The molecule has 126 valence electrons. The van der Waals surface area contributed by atoms with Crippen molar-refractivity contribution < 1.29 is 14.8 Å². The van der Waals surface area contributed by atoms with Gasteiger partial charge in [0, 0.05) is 17.7 Å². The second kappa shape index (κ2) is 6.79. The van der Waals surface area contributed by atoms with Gasteiger partial charge in [-0.3, -0.25) is 14.9 Å². The summed E-state index contributed by atoms with van der Waals surface area (Å²) in [6.45, 7) is 0.0127. The van der Waals surface area contributed by atoms with E-state index in [4.69, 9.17) is 0 Å². The van der Waals surface area contributed by atoms with Gasteiger partial charge in [-0.05, 0) is 18.2 Å². The van der Waals surface area contributed by atoms with Crippen molar-refractivity contribution in [3.63, 3.8) is 0 Å². The van der Waals surface area contributed by atoms with Crippen LogP contribution in [-0.2, 0) is 11.3 Å². The Morgan fingerprint density at radius 2 is 2.16 bits per heavy atom. The fourth-order valence-corrected chi connectivity index (χ4v) is 2.26. The number of carbonyl (C=O) groups is 1. The highest BCUT2D eigenvalue weighted by atomic mass is 16.6. The number of carbonyl (C=O) groups excluding carboxylic acids is 1. The number of rotatable bonds is 5. The molecule has 0 saturated heterocycles. The van der Waals surface area contributed by atoms with Gasteiger partial charge in [0.25, 0.3) is 11.6 Å². The van der Waals surface area contributed by atoms with Gasteiger partial charge >= 0.3 is 0 Å². The lowest BCUT2D eigenvalue weighted by atomic mass is 10.2. The second-order valence-electron chi connectivity index (χ2n) is 5.15. The molecule has 0 aliphatic carbocycles. The molecule has 0 unspecified atom stereocenters. The zero-order valence-electron chi connectivity index (χ0n) is 12.9. The number of nitrogens with zero attached hydrogens (tertiary/aromatic N) is 4. The van der Waals surface area contributed by atoms with E-state index in [1.165, 1.54) is 12.1 Å². The zero-order valence-corrected chi connectivity index (χ0v) is 12.9. The zero-order chi connectivity index (χ0) is 17.8. The van der Waals surface area contributed by atoms with Gasteiger partial charge in [-0.2, -0.15) is 5.10 Å². The number of nitro groups is 1. The number of phenolic OH excluding ortho intramolecular Hbond substituents is 1. The Kier molecular flexibility index (Phi) is 4.38. The molecule has 0 fully saturated rings. The van der Waals surface area contributed by atoms with Crippen LogP contribution in [0.1, 0.15) is 5.56 Å². The first-order chi connectivity index (χ1) is 12.0. The Hall–Kier alpha value is -3.75. The highest BCUT2D eigenvalue weighted by Crippen LogP contribution is 2.21. The number of phenols is 1. The number of fused-ring (bicyclic) bond motifs is 1. The van der Waals surface area contributed by atoms with Crippen molar-refractivity contribution in [1.82, 2.24) is 15.0 Å². The Morgan fingerprint density at radius 3 is 2.96 bits per heavy atom.